The highest BCUT2D eigenvalue weighted by Gasteiger charge is 2.16. The largest absolute Gasteiger partial charge is 0.468 e. The van der Waals surface area contributed by atoms with Crippen molar-refractivity contribution in [3.8, 4) is 0 Å². The number of carbonyl (C=O) groups is 1. The van der Waals surface area contributed by atoms with Crippen LogP contribution in [0.4, 0.5) is 5.69 Å². The molecule has 0 unspecified atom stereocenters. The van der Waals surface area contributed by atoms with Crippen LogP contribution in [0.2, 0.25) is 0 Å². The number of benzene rings is 1. The third kappa shape index (κ3) is 3.81. The maximum atomic E-state index is 12.6. The van der Waals surface area contributed by atoms with Gasteiger partial charge in [0.15, 0.2) is 0 Å². The Morgan fingerprint density at radius 1 is 1.00 bits per heavy atom. The number of furan rings is 2. The molecule has 0 spiro atoms. The van der Waals surface area contributed by atoms with Gasteiger partial charge >= 0.3 is 0 Å². The van der Waals surface area contributed by atoms with Gasteiger partial charge in [0.05, 0.1) is 49.6 Å². The van der Waals surface area contributed by atoms with Crippen LogP contribution in [0.3, 0.4) is 0 Å². The lowest BCUT2D eigenvalue weighted by atomic mass is 10.2. The monoisotopic (exact) mass is 368 g/mol. The topological polar surface area (TPSA) is 84.4 Å². The zero-order valence-electron chi connectivity index (χ0n) is 13.8. The summed E-state index contributed by atoms with van der Waals surface area (Å²) in [6, 6.07) is 13.0. The van der Waals surface area contributed by atoms with Gasteiger partial charge in [-0.2, -0.15) is 8.75 Å². The minimum Gasteiger partial charge on any atom is -0.468 e. The number of fused-ring (bicyclic) bond motifs is 1. The van der Waals surface area contributed by atoms with Crippen LogP contribution in [-0.2, 0) is 17.9 Å². The average molecular weight is 368 g/mol. The molecule has 26 heavy (non-hydrogen) atoms. The molecule has 0 radical (unpaired) electrons. The number of amides is 1. The van der Waals surface area contributed by atoms with Gasteiger partial charge in [-0.25, -0.2) is 0 Å². The smallest absolute Gasteiger partial charge is 0.238 e. The number of hydrogen-bond acceptors (Lipinski definition) is 7. The second-order valence-electron chi connectivity index (χ2n) is 5.79. The number of nitrogens with one attached hydrogen (secondary N) is 1. The molecule has 0 bridgehead atoms. The number of hydrogen-bond donors (Lipinski definition) is 1. The van der Waals surface area contributed by atoms with Crippen LogP contribution < -0.4 is 5.32 Å². The first-order chi connectivity index (χ1) is 12.8. The van der Waals surface area contributed by atoms with Crippen molar-refractivity contribution >= 4 is 34.4 Å². The third-order valence-corrected chi connectivity index (χ3v) is 4.39. The molecule has 8 heteroatoms. The van der Waals surface area contributed by atoms with E-state index in [1.165, 1.54) is 0 Å². The van der Waals surface area contributed by atoms with Crippen molar-refractivity contribution in [2.45, 2.75) is 13.1 Å². The normalized spacial score (nSPS) is 11.3. The summed E-state index contributed by atoms with van der Waals surface area (Å²) in [5.41, 5.74) is 2.14. The van der Waals surface area contributed by atoms with Gasteiger partial charge in [0, 0.05) is 0 Å². The first-order valence-electron chi connectivity index (χ1n) is 8.06. The van der Waals surface area contributed by atoms with Crippen molar-refractivity contribution in [3.63, 3.8) is 0 Å². The first kappa shape index (κ1) is 16.5. The van der Waals surface area contributed by atoms with Crippen molar-refractivity contribution in [1.29, 1.82) is 0 Å². The summed E-state index contributed by atoms with van der Waals surface area (Å²) in [7, 11) is 0. The van der Waals surface area contributed by atoms with E-state index >= 15 is 0 Å². The molecule has 3 heterocycles. The number of aromatic nitrogens is 2. The Labute approximate surface area is 153 Å². The van der Waals surface area contributed by atoms with Gasteiger partial charge in [-0.15, -0.1) is 0 Å². The van der Waals surface area contributed by atoms with Crippen LogP contribution in [0.1, 0.15) is 11.5 Å². The number of rotatable bonds is 7. The molecule has 1 aromatic carbocycles. The summed E-state index contributed by atoms with van der Waals surface area (Å²) >= 11 is 1.13. The highest BCUT2D eigenvalue weighted by atomic mass is 32.1. The Kier molecular flexibility index (Phi) is 4.76. The van der Waals surface area contributed by atoms with Crippen LogP contribution in [0, 0.1) is 0 Å². The molecule has 0 aliphatic heterocycles. The highest BCUT2D eigenvalue weighted by Crippen LogP contribution is 2.21. The van der Waals surface area contributed by atoms with E-state index in [0.717, 1.165) is 28.8 Å². The van der Waals surface area contributed by atoms with Crippen molar-refractivity contribution in [1.82, 2.24) is 13.6 Å². The van der Waals surface area contributed by atoms with Crippen molar-refractivity contribution in [2.75, 3.05) is 11.9 Å². The molecule has 0 fully saturated rings. The summed E-state index contributed by atoms with van der Waals surface area (Å²) in [4.78, 5) is 14.5. The Bertz CT molecular complexity index is 943. The SMILES string of the molecule is O=C(CN(Cc1ccco1)Cc1ccco1)Nc1cccc2nsnc12. The molecular formula is C18H16N4O3S. The van der Waals surface area contributed by atoms with Crippen molar-refractivity contribution in [3.05, 3.63) is 66.5 Å². The predicted octanol–water partition coefficient (Wildman–Crippen LogP) is 3.52. The van der Waals surface area contributed by atoms with Gasteiger partial charge < -0.3 is 14.2 Å². The van der Waals surface area contributed by atoms with Crippen molar-refractivity contribution in [2.24, 2.45) is 0 Å². The fourth-order valence-electron chi connectivity index (χ4n) is 2.71. The fourth-order valence-corrected chi connectivity index (χ4v) is 3.26. The van der Waals surface area contributed by atoms with Gasteiger partial charge in [0.1, 0.15) is 22.6 Å². The van der Waals surface area contributed by atoms with E-state index in [2.05, 4.69) is 14.1 Å². The Balaban J connectivity index is 1.47. The van der Waals surface area contributed by atoms with Crippen LogP contribution in [0.25, 0.3) is 11.0 Å². The molecular weight excluding hydrogens is 352 g/mol. The Hall–Kier alpha value is -2.97. The molecule has 0 saturated carbocycles. The van der Waals surface area contributed by atoms with Gasteiger partial charge in [-0.3, -0.25) is 9.69 Å². The zero-order chi connectivity index (χ0) is 17.8. The van der Waals surface area contributed by atoms with Gasteiger partial charge in [-0.05, 0) is 36.4 Å². The number of carbonyl (C=O) groups excluding carboxylic acids is 1. The van der Waals surface area contributed by atoms with E-state index in [-0.39, 0.29) is 12.5 Å². The van der Waals surface area contributed by atoms with Gasteiger partial charge in [0.2, 0.25) is 5.91 Å². The Morgan fingerprint density at radius 2 is 1.73 bits per heavy atom. The molecule has 7 nitrogen and oxygen atoms in total. The second kappa shape index (κ2) is 7.51. The van der Waals surface area contributed by atoms with E-state index in [4.69, 9.17) is 8.83 Å². The molecule has 1 amide bonds. The molecule has 4 aromatic rings. The summed E-state index contributed by atoms with van der Waals surface area (Å²) in [5.74, 6) is 1.44. The van der Waals surface area contributed by atoms with Crippen LogP contribution in [0.5, 0.6) is 0 Å². The maximum Gasteiger partial charge on any atom is 0.238 e. The third-order valence-electron chi connectivity index (χ3n) is 3.85. The highest BCUT2D eigenvalue weighted by molar-refractivity contribution is 7.00. The van der Waals surface area contributed by atoms with Crippen LogP contribution >= 0.6 is 11.7 Å². The zero-order valence-corrected chi connectivity index (χ0v) is 14.6. The second-order valence-corrected chi connectivity index (χ2v) is 6.32. The van der Waals surface area contributed by atoms with Crippen molar-refractivity contribution < 1.29 is 13.6 Å². The quantitative estimate of drug-likeness (QED) is 0.537. The lowest BCUT2D eigenvalue weighted by molar-refractivity contribution is -0.117. The maximum absolute atomic E-state index is 12.6. The fraction of sp³-hybridized carbons (Fsp3) is 0.167. The molecule has 0 saturated heterocycles. The molecule has 132 valence electrons. The van der Waals surface area contributed by atoms with Crippen LogP contribution in [-0.4, -0.2) is 26.1 Å². The lowest BCUT2D eigenvalue weighted by Gasteiger charge is -2.19. The summed E-state index contributed by atoms with van der Waals surface area (Å²) in [6.07, 6.45) is 3.24. The summed E-state index contributed by atoms with van der Waals surface area (Å²) < 4.78 is 19.3. The van der Waals surface area contributed by atoms with E-state index in [9.17, 15) is 4.79 Å². The minimum absolute atomic E-state index is 0.136. The van der Waals surface area contributed by atoms with Gasteiger partial charge in [-0.1, -0.05) is 6.07 Å². The molecule has 4 rings (SSSR count). The molecule has 0 atom stereocenters. The lowest BCUT2D eigenvalue weighted by Crippen LogP contribution is -2.32. The van der Waals surface area contributed by atoms with Crippen LogP contribution in [0.15, 0.2) is 63.8 Å². The molecule has 1 N–H and O–H groups in total. The predicted molar refractivity (Wildman–Crippen MR) is 97.6 cm³/mol. The molecule has 3 aromatic heterocycles. The Morgan fingerprint density at radius 3 is 2.38 bits per heavy atom. The average Bonchev–Trinajstić information content (AvgIpc) is 3.37. The number of nitrogens with zero attached hydrogens (tertiary/aromatic N) is 3. The standard InChI is InChI=1S/C18H16N4O3S/c23-17(19-15-6-1-7-16-18(15)21-26-20-16)12-22(10-13-4-2-8-24-13)11-14-5-3-9-25-14/h1-9H,10-12H2,(H,19,23). The van der Waals surface area contributed by atoms with E-state index in [0.29, 0.717) is 24.3 Å². The van der Waals surface area contributed by atoms with E-state index in [1.54, 1.807) is 12.5 Å². The summed E-state index contributed by atoms with van der Waals surface area (Å²) in [5, 5.41) is 2.92. The first-order valence-corrected chi connectivity index (χ1v) is 8.79. The van der Waals surface area contributed by atoms with Gasteiger partial charge in [0.25, 0.3) is 0 Å². The van der Waals surface area contributed by atoms with E-state index in [1.807, 2.05) is 47.4 Å². The molecule has 0 aliphatic rings. The minimum atomic E-state index is -0.136. The van der Waals surface area contributed by atoms with E-state index < -0.39 is 0 Å². The number of anilines is 1. The summed E-state index contributed by atoms with van der Waals surface area (Å²) in [6.45, 7) is 1.20. The molecule has 0 aliphatic carbocycles.